The van der Waals surface area contributed by atoms with E-state index in [4.69, 9.17) is 13.9 Å². The number of carboxylic acid groups (broad SMARTS) is 1. The summed E-state index contributed by atoms with van der Waals surface area (Å²) in [5.41, 5.74) is 1.27. The molecule has 1 atom stereocenters. The number of esters is 1. The van der Waals surface area contributed by atoms with Crippen molar-refractivity contribution in [3.8, 4) is 11.8 Å². The number of benzene rings is 2. The van der Waals surface area contributed by atoms with Gasteiger partial charge in [-0.2, -0.15) is 4.98 Å². The molecule has 2 aromatic carbocycles. The van der Waals surface area contributed by atoms with E-state index in [9.17, 15) is 14.7 Å². The van der Waals surface area contributed by atoms with E-state index in [-0.39, 0.29) is 25.6 Å². The summed E-state index contributed by atoms with van der Waals surface area (Å²) < 4.78 is 15.8. The lowest BCUT2D eigenvalue weighted by molar-refractivity contribution is -0.150. The fraction of sp³-hybridized carbons (Fsp3) is 0.190. The molecule has 0 bridgehead atoms. The highest BCUT2D eigenvalue weighted by atomic mass is 16.6. The predicted molar refractivity (Wildman–Crippen MR) is 102 cm³/mol. The van der Waals surface area contributed by atoms with Gasteiger partial charge in [-0.25, -0.2) is 0 Å². The van der Waals surface area contributed by atoms with Gasteiger partial charge < -0.3 is 19.0 Å². The Morgan fingerprint density at radius 2 is 1.76 bits per heavy atom. The van der Waals surface area contributed by atoms with Crippen LogP contribution < -0.4 is 10.1 Å². The highest BCUT2D eigenvalue weighted by Gasteiger charge is 2.22. The summed E-state index contributed by atoms with van der Waals surface area (Å²) in [4.78, 5) is 27.5. The highest BCUT2D eigenvalue weighted by Crippen LogP contribution is 2.20. The lowest BCUT2D eigenvalue weighted by atomic mass is 10.2. The molecular weight excluding hydrogens is 376 g/mol. The molecule has 0 saturated carbocycles. The molecule has 0 aliphatic carbocycles. The summed E-state index contributed by atoms with van der Waals surface area (Å²) in [6.45, 7) is 0.181. The summed E-state index contributed by atoms with van der Waals surface area (Å²) in [5.74, 6) is -1.20. The second kappa shape index (κ2) is 10.0. The summed E-state index contributed by atoms with van der Waals surface area (Å²) in [6.07, 6.45) is 1.09. The zero-order chi connectivity index (χ0) is 20.5. The van der Waals surface area contributed by atoms with E-state index in [1.54, 1.807) is 12.1 Å². The van der Waals surface area contributed by atoms with Crippen LogP contribution in [0.25, 0.3) is 0 Å². The van der Waals surface area contributed by atoms with Crippen molar-refractivity contribution >= 4 is 11.9 Å². The van der Waals surface area contributed by atoms with Crippen LogP contribution in [0.5, 0.6) is 11.8 Å². The van der Waals surface area contributed by atoms with Crippen LogP contribution in [0.15, 0.2) is 71.3 Å². The van der Waals surface area contributed by atoms with E-state index in [1.807, 2.05) is 48.5 Å². The zero-order valence-electron chi connectivity index (χ0n) is 15.5. The number of aromatic nitrogens is 1. The maximum atomic E-state index is 12.0. The van der Waals surface area contributed by atoms with Gasteiger partial charge in [-0.05, 0) is 17.7 Å². The van der Waals surface area contributed by atoms with Gasteiger partial charge in [0.2, 0.25) is 0 Å². The quantitative estimate of drug-likeness (QED) is 0.503. The van der Waals surface area contributed by atoms with E-state index in [1.165, 1.54) is 6.26 Å². The van der Waals surface area contributed by atoms with Crippen LogP contribution in [-0.2, 0) is 27.5 Å². The number of rotatable bonds is 10. The number of hydrogen-bond donors (Lipinski definition) is 2. The molecule has 29 heavy (non-hydrogen) atoms. The standard InChI is InChI=1S/C21H20N2O6/c24-19(27-13-15-7-3-1-4-8-15)11-18(20(25)26)22-12-16-14-28-21(23-16)29-17-9-5-2-6-10-17/h1-10,14,18,22H,11-13H2,(H,25,26)/t18-/m0/s1. The van der Waals surface area contributed by atoms with Crippen molar-refractivity contribution in [3.05, 3.63) is 78.2 Å². The number of carbonyl (C=O) groups is 2. The number of hydrogen-bond acceptors (Lipinski definition) is 7. The van der Waals surface area contributed by atoms with Gasteiger partial charge in [0.15, 0.2) is 0 Å². The molecular formula is C21H20N2O6. The fourth-order valence-corrected chi connectivity index (χ4v) is 2.44. The molecule has 0 radical (unpaired) electrons. The maximum absolute atomic E-state index is 12.0. The molecule has 1 aromatic heterocycles. The monoisotopic (exact) mass is 396 g/mol. The average molecular weight is 396 g/mol. The summed E-state index contributed by atoms with van der Waals surface area (Å²) >= 11 is 0. The summed E-state index contributed by atoms with van der Waals surface area (Å²) in [7, 11) is 0. The van der Waals surface area contributed by atoms with Crippen molar-refractivity contribution in [1.82, 2.24) is 10.3 Å². The van der Waals surface area contributed by atoms with Crippen LogP contribution >= 0.6 is 0 Å². The number of nitrogens with one attached hydrogen (secondary N) is 1. The van der Waals surface area contributed by atoms with Crippen LogP contribution in [0.2, 0.25) is 0 Å². The normalized spacial score (nSPS) is 11.6. The molecule has 2 N–H and O–H groups in total. The van der Waals surface area contributed by atoms with Gasteiger partial charge in [0.25, 0.3) is 0 Å². The Bertz CT molecular complexity index is 927. The molecule has 0 saturated heterocycles. The van der Waals surface area contributed by atoms with Gasteiger partial charge in [0.05, 0.1) is 12.1 Å². The Morgan fingerprint density at radius 3 is 2.45 bits per heavy atom. The number of oxazole rings is 1. The molecule has 8 heteroatoms. The lowest BCUT2D eigenvalue weighted by Crippen LogP contribution is -2.38. The first-order valence-corrected chi connectivity index (χ1v) is 8.93. The first kappa shape index (κ1) is 20.1. The molecule has 0 aliphatic heterocycles. The van der Waals surface area contributed by atoms with Gasteiger partial charge in [0, 0.05) is 6.54 Å². The van der Waals surface area contributed by atoms with Crippen molar-refractivity contribution in [2.75, 3.05) is 0 Å². The first-order chi connectivity index (χ1) is 14.1. The van der Waals surface area contributed by atoms with Crippen molar-refractivity contribution in [1.29, 1.82) is 0 Å². The van der Waals surface area contributed by atoms with Crippen molar-refractivity contribution in [3.63, 3.8) is 0 Å². The van der Waals surface area contributed by atoms with E-state index in [2.05, 4.69) is 10.3 Å². The number of nitrogens with zero attached hydrogens (tertiary/aromatic N) is 1. The van der Waals surface area contributed by atoms with E-state index in [0.717, 1.165) is 5.56 Å². The third-order valence-electron chi connectivity index (χ3n) is 3.92. The third-order valence-corrected chi connectivity index (χ3v) is 3.92. The smallest absolute Gasteiger partial charge is 0.399 e. The van der Waals surface area contributed by atoms with E-state index >= 15 is 0 Å². The molecule has 3 aromatic rings. The topological polar surface area (TPSA) is 111 Å². The van der Waals surface area contributed by atoms with Crippen LogP contribution in [0.1, 0.15) is 17.7 Å². The Labute approximate surface area is 167 Å². The number of carboxylic acids is 1. The van der Waals surface area contributed by atoms with Crippen molar-refractivity contribution in [2.45, 2.75) is 25.6 Å². The Balaban J connectivity index is 1.48. The van der Waals surface area contributed by atoms with Gasteiger partial charge in [-0.1, -0.05) is 48.5 Å². The summed E-state index contributed by atoms with van der Waals surface area (Å²) in [6, 6.07) is 17.0. The highest BCUT2D eigenvalue weighted by molar-refractivity contribution is 5.81. The van der Waals surface area contributed by atoms with E-state index in [0.29, 0.717) is 11.4 Å². The Kier molecular flexibility index (Phi) is 6.96. The van der Waals surface area contributed by atoms with Crippen molar-refractivity contribution in [2.24, 2.45) is 0 Å². The summed E-state index contributed by atoms with van der Waals surface area (Å²) in [5, 5.41) is 12.1. The fourth-order valence-electron chi connectivity index (χ4n) is 2.44. The van der Waals surface area contributed by atoms with E-state index < -0.39 is 18.0 Å². The predicted octanol–water partition coefficient (Wildman–Crippen LogP) is 3.14. The van der Waals surface area contributed by atoms with Crippen molar-refractivity contribution < 1.29 is 28.6 Å². The number of aliphatic carboxylic acids is 1. The molecule has 8 nitrogen and oxygen atoms in total. The van der Waals surface area contributed by atoms with Gasteiger partial charge in [0.1, 0.15) is 24.7 Å². The van der Waals surface area contributed by atoms with Gasteiger partial charge >= 0.3 is 18.0 Å². The second-order valence-corrected chi connectivity index (χ2v) is 6.14. The SMILES string of the molecule is O=C(C[C@H](NCc1coc(Oc2ccccc2)n1)C(=O)O)OCc1ccccc1. The van der Waals surface area contributed by atoms with Gasteiger partial charge in [-0.3, -0.25) is 14.9 Å². The van der Waals surface area contributed by atoms with Crippen LogP contribution in [0.3, 0.4) is 0 Å². The van der Waals surface area contributed by atoms with Crippen LogP contribution in [0, 0.1) is 0 Å². The minimum atomic E-state index is -1.16. The van der Waals surface area contributed by atoms with Crippen LogP contribution in [-0.4, -0.2) is 28.1 Å². The molecule has 0 fully saturated rings. The number of carbonyl (C=O) groups excluding carboxylic acids is 1. The largest absolute Gasteiger partial charge is 0.480 e. The molecule has 3 rings (SSSR count). The van der Waals surface area contributed by atoms with Crippen LogP contribution in [0.4, 0.5) is 0 Å². The first-order valence-electron chi connectivity index (χ1n) is 8.93. The molecule has 1 heterocycles. The number of para-hydroxylation sites is 1. The molecule has 150 valence electrons. The second-order valence-electron chi connectivity index (χ2n) is 6.14. The van der Waals surface area contributed by atoms with Gasteiger partial charge in [-0.15, -0.1) is 0 Å². The molecule has 0 unspecified atom stereocenters. The molecule has 0 amide bonds. The Morgan fingerprint density at radius 1 is 1.07 bits per heavy atom. The minimum absolute atomic E-state index is 0.0437. The lowest BCUT2D eigenvalue weighted by Gasteiger charge is -2.13. The molecule has 0 aliphatic rings. The molecule has 0 spiro atoms. The minimum Gasteiger partial charge on any atom is -0.480 e. The zero-order valence-corrected chi connectivity index (χ0v) is 15.5. The maximum Gasteiger partial charge on any atom is 0.399 e. The number of ether oxygens (including phenoxy) is 2. The Hall–Kier alpha value is -3.65. The average Bonchev–Trinajstić information content (AvgIpc) is 3.18. The third kappa shape index (κ3) is 6.47.